The maximum absolute atomic E-state index is 14.4. The standard InChI is InChI=1S/C29H39ClF3N3O3S/c1-18-22(27(37)34-21-10-12-39-13-11-21)16-25(36(18)17-19-8-6-5-7-9-19)20-14-23(29(31,32)33)26(24(30)15-20)40(38)35-28(2,3)4/h14-16,19,21,35H,5-13,17H2,1-4H3,(H,34,37). The molecule has 2 fully saturated rings. The Labute approximate surface area is 242 Å². The van der Waals surface area contributed by atoms with Crippen molar-refractivity contribution in [3.05, 3.63) is 40.0 Å². The van der Waals surface area contributed by atoms with Crippen LogP contribution in [0.1, 0.15) is 87.3 Å². The van der Waals surface area contributed by atoms with Gasteiger partial charge >= 0.3 is 6.18 Å². The Morgan fingerprint density at radius 3 is 2.33 bits per heavy atom. The molecule has 0 bridgehead atoms. The monoisotopic (exact) mass is 601 g/mol. The minimum absolute atomic E-state index is 0.0124. The predicted molar refractivity (Wildman–Crippen MR) is 152 cm³/mol. The summed E-state index contributed by atoms with van der Waals surface area (Å²) < 4.78 is 66.2. The van der Waals surface area contributed by atoms with E-state index in [2.05, 4.69) is 10.0 Å². The van der Waals surface area contributed by atoms with E-state index in [-0.39, 0.29) is 22.5 Å². The summed E-state index contributed by atoms with van der Waals surface area (Å²) in [6, 6.07) is 4.10. The minimum atomic E-state index is -4.79. The molecular formula is C29H39ClF3N3O3S. The number of nitrogens with zero attached hydrogens (tertiary/aromatic N) is 1. The molecule has 1 amide bonds. The van der Waals surface area contributed by atoms with Crippen molar-refractivity contribution in [2.45, 2.75) is 102 Å². The Hall–Kier alpha value is -1.88. The fourth-order valence-corrected chi connectivity index (χ4v) is 7.25. The van der Waals surface area contributed by atoms with Gasteiger partial charge in [0.2, 0.25) is 0 Å². The molecule has 2 N–H and O–H groups in total. The lowest BCUT2D eigenvalue weighted by Crippen LogP contribution is -2.39. The predicted octanol–water partition coefficient (Wildman–Crippen LogP) is 7.04. The van der Waals surface area contributed by atoms with Crippen molar-refractivity contribution >= 4 is 28.5 Å². The van der Waals surface area contributed by atoms with Gasteiger partial charge in [0, 0.05) is 48.3 Å². The summed E-state index contributed by atoms with van der Waals surface area (Å²) in [5, 5.41) is 2.84. The zero-order chi connectivity index (χ0) is 29.2. The third kappa shape index (κ3) is 7.49. The number of alkyl halides is 3. The van der Waals surface area contributed by atoms with Gasteiger partial charge in [-0.3, -0.25) is 4.79 Å². The van der Waals surface area contributed by atoms with E-state index in [1.165, 1.54) is 12.5 Å². The fraction of sp³-hybridized carbons (Fsp3) is 0.621. The molecule has 2 heterocycles. The van der Waals surface area contributed by atoms with Crippen LogP contribution in [-0.2, 0) is 28.4 Å². The molecule has 1 atom stereocenters. The van der Waals surface area contributed by atoms with Crippen molar-refractivity contribution in [3.63, 3.8) is 0 Å². The highest BCUT2D eigenvalue weighted by atomic mass is 35.5. The normalized spacial score (nSPS) is 18.6. The summed E-state index contributed by atoms with van der Waals surface area (Å²) in [5.41, 5.74) is 0.114. The Morgan fingerprint density at radius 1 is 1.07 bits per heavy atom. The van der Waals surface area contributed by atoms with Gasteiger partial charge < -0.3 is 14.6 Å². The molecule has 1 aromatic carbocycles. The van der Waals surface area contributed by atoms with Crippen LogP contribution in [-0.4, -0.2) is 39.5 Å². The van der Waals surface area contributed by atoms with Crippen LogP contribution in [0.4, 0.5) is 13.2 Å². The molecule has 6 nitrogen and oxygen atoms in total. The summed E-state index contributed by atoms with van der Waals surface area (Å²) >= 11 is 6.46. The Bertz CT molecular complexity index is 1240. The molecule has 0 radical (unpaired) electrons. The summed E-state index contributed by atoms with van der Waals surface area (Å²) in [5.74, 6) is 0.118. The highest BCUT2D eigenvalue weighted by molar-refractivity contribution is 7.83. The van der Waals surface area contributed by atoms with Crippen molar-refractivity contribution in [2.24, 2.45) is 5.92 Å². The number of amides is 1. The van der Waals surface area contributed by atoms with E-state index >= 15 is 0 Å². The largest absolute Gasteiger partial charge is 0.417 e. The average molecular weight is 602 g/mol. The lowest BCUT2D eigenvalue weighted by atomic mass is 9.89. The molecule has 0 spiro atoms. The zero-order valence-electron chi connectivity index (χ0n) is 23.5. The first-order valence-corrected chi connectivity index (χ1v) is 15.5. The summed E-state index contributed by atoms with van der Waals surface area (Å²) in [7, 11) is -2.19. The lowest BCUT2D eigenvalue weighted by Gasteiger charge is -2.25. The number of hydrogen-bond donors (Lipinski definition) is 2. The van der Waals surface area contributed by atoms with Gasteiger partial charge in [-0.05, 0) is 77.5 Å². The summed E-state index contributed by atoms with van der Waals surface area (Å²) in [6.45, 7) is 8.75. The van der Waals surface area contributed by atoms with Crippen LogP contribution >= 0.6 is 11.6 Å². The molecule has 1 aliphatic heterocycles. The number of halogens is 4. The number of ether oxygens (including phenoxy) is 1. The van der Waals surface area contributed by atoms with Crippen LogP contribution in [0.2, 0.25) is 5.02 Å². The molecule has 40 heavy (non-hydrogen) atoms. The minimum Gasteiger partial charge on any atom is -0.381 e. The van der Waals surface area contributed by atoms with Crippen LogP contribution in [0.5, 0.6) is 0 Å². The lowest BCUT2D eigenvalue weighted by molar-refractivity contribution is -0.139. The van der Waals surface area contributed by atoms with Crippen molar-refractivity contribution in [2.75, 3.05) is 13.2 Å². The highest BCUT2D eigenvalue weighted by Gasteiger charge is 2.38. The first-order chi connectivity index (χ1) is 18.7. The van der Waals surface area contributed by atoms with E-state index in [0.29, 0.717) is 55.5 Å². The fourth-order valence-electron chi connectivity index (χ4n) is 5.55. The molecule has 1 aromatic heterocycles. The van der Waals surface area contributed by atoms with Crippen LogP contribution in [0.25, 0.3) is 11.3 Å². The third-order valence-corrected chi connectivity index (χ3v) is 9.58. The molecule has 222 valence electrons. The molecule has 2 aromatic rings. The SMILES string of the molecule is Cc1c(C(=O)NC2CCOCC2)cc(-c2cc(Cl)c(S(=O)NC(C)(C)C)c(C(F)(F)F)c2)n1CC1CCCCC1. The van der Waals surface area contributed by atoms with E-state index in [1.54, 1.807) is 26.8 Å². The highest BCUT2D eigenvalue weighted by Crippen LogP contribution is 2.41. The van der Waals surface area contributed by atoms with Crippen molar-refractivity contribution in [3.8, 4) is 11.3 Å². The quantitative estimate of drug-likeness (QED) is 0.358. The van der Waals surface area contributed by atoms with E-state index in [9.17, 15) is 22.2 Å². The molecule has 1 unspecified atom stereocenters. The number of carbonyl (C=O) groups is 1. The average Bonchev–Trinajstić information content (AvgIpc) is 3.19. The Morgan fingerprint density at radius 2 is 1.73 bits per heavy atom. The van der Waals surface area contributed by atoms with Crippen LogP contribution in [0.15, 0.2) is 23.1 Å². The number of carbonyl (C=O) groups excluding carboxylic acids is 1. The number of hydrogen-bond acceptors (Lipinski definition) is 3. The van der Waals surface area contributed by atoms with E-state index in [0.717, 1.165) is 31.7 Å². The van der Waals surface area contributed by atoms with Gasteiger partial charge in [-0.2, -0.15) is 13.2 Å². The smallest absolute Gasteiger partial charge is 0.381 e. The number of benzene rings is 1. The second-order valence-electron chi connectivity index (χ2n) is 12.0. The number of rotatable bonds is 7. The Balaban J connectivity index is 1.80. The van der Waals surface area contributed by atoms with Gasteiger partial charge in [0.1, 0.15) is 11.0 Å². The molecular weight excluding hydrogens is 563 g/mol. The molecule has 1 saturated carbocycles. The first kappa shape index (κ1) is 31.1. The maximum Gasteiger partial charge on any atom is 0.417 e. The number of nitrogens with one attached hydrogen (secondary N) is 2. The summed E-state index contributed by atoms with van der Waals surface area (Å²) in [4.78, 5) is 12.9. The second kappa shape index (κ2) is 12.5. The van der Waals surface area contributed by atoms with E-state index < -0.39 is 33.2 Å². The van der Waals surface area contributed by atoms with Crippen molar-refractivity contribution < 1.29 is 26.9 Å². The van der Waals surface area contributed by atoms with Gasteiger partial charge in [0.05, 0.1) is 21.0 Å². The van der Waals surface area contributed by atoms with E-state index in [4.69, 9.17) is 16.3 Å². The van der Waals surface area contributed by atoms with Gasteiger partial charge in [-0.25, -0.2) is 8.93 Å². The Kier molecular flexibility index (Phi) is 9.75. The van der Waals surface area contributed by atoms with Crippen LogP contribution in [0, 0.1) is 12.8 Å². The van der Waals surface area contributed by atoms with Gasteiger partial charge in [0.25, 0.3) is 5.91 Å². The van der Waals surface area contributed by atoms with Gasteiger partial charge in [-0.1, -0.05) is 30.9 Å². The second-order valence-corrected chi connectivity index (χ2v) is 13.5. The first-order valence-electron chi connectivity index (χ1n) is 13.9. The zero-order valence-corrected chi connectivity index (χ0v) is 25.1. The summed E-state index contributed by atoms with van der Waals surface area (Å²) in [6.07, 6.45) is 2.11. The molecule has 11 heteroatoms. The van der Waals surface area contributed by atoms with Crippen LogP contribution < -0.4 is 10.0 Å². The van der Waals surface area contributed by atoms with E-state index in [1.807, 2.05) is 11.5 Å². The molecule has 4 rings (SSSR count). The number of aromatic nitrogens is 1. The third-order valence-electron chi connectivity index (χ3n) is 7.56. The van der Waals surface area contributed by atoms with Crippen molar-refractivity contribution in [1.29, 1.82) is 0 Å². The topological polar surface area (TPSA) is 72.4 Å². The molecule has 1 saturated heterocycles. The molecule has 2 aliphatic rings. The molecule has 1 aliphatic carbocycles. The maximum atomic E-state index is 14.4. The van der Waals surface area contributed by atoms with Crippen LogP contribution in [0.3, 0.4) is 0 Å². The van der Waals surface area contributed by atoms with Crippen molar-refractivity contribution in [1.82, 2.24) is 14.6 Å². The van der Waals surface area contributed by atoms with Gasteiger partial charge in [0.15, 0.2) is 0 Å². The van der Waals surface area contributed by atoms with Gasteiger partial charge in [-0.15, -0.1) is 0 Å².